The van der Waals surface area contributed by atoms with Crippen LogP contribution in [0.25, 0.3) is 10.2 Å². The van der Waals surface area contributed by atoms with Crippen LogP contribution in [0.2, 0.25) is 5.02 Å². The number of benzene rings is 2. The van der Waals surface area contributed by atoms with E-state index in [0.717, 1.165) is 4.70 Å². The molecule has 3 aromatic rings. The number of nitrogens with zero attached hydrogens (tertiary/aromatic N) is 1. The Hall–Kier alpha value is -2.11. The molecule has 4 rings (SSSR count). The van der Waals surface area contributed by atoms with Crippen molar-refractivity contribution >= 4 is 44.7 Å². The standard InChI is InChI=1S/C20H19ClN2O6S/c21-10-2-4-11(5-3-10)22-19(28)9-1-6-14-12(7-9)23-20(30-14)18-17(27)16(26)15(25)13(8-24)29-18/h1-7,13,15-18,24-27H,8H2,(H,22,28)/t13-,15+,16+,17-,18-/m1/s1. The van der Waals surface area contributed by atoms with Crippen LogP contribution in [0.15, 0.2) is 42.5 Å². The van der Waals surface area contributed by atoms with Crippen molar-refractivity contribution in [3.63, 3.8) is 0 Å². The van der Waals surface area contributed by atoms with Crippen LogP contribution in [0.3, 0.4) is 0 Å². The summed E-state index contributed by atoms with van der Waals surface area (Å²) in [7, 11) is 0. The predicted molar refractivity (Wildman–Crippen MR) is 112 cm³/mol. The van der Waals surface area contributed by atoms with E-state index in [2.05, 4.69) is 10.3 Å². The molecule has 1 amide bonds. The summed E-state index contributed by atoms with van der Waals surface area (Å²) in [6.07, 6.45) is -6.34. The van der Waals surface area contributed by atoms with Crippen LogP contribution in [-0.2, 0) is 4.74 Å². The van der Waals surface area contributed by atoms with E-state index in [1.165, 1.54) is 11.3 Å². The Kier molecular flexibility index (Phi) is 6.03. The van der Waals surface area contributed by atoms with Gasteiger partial charge in [0.25, 0.3) is 5.91 Å². The number of carbonyl (C=O) groups excluding carboxylic acids is 1. The number of halogens is 1. The van der Waals surface area contributed by atoms with Crippen molar-refractivity contribution in [3.05, 3.63) is 58.1 Å². The topological polar surface area (TPSA) is 132 Å². The SMILES string of the molecule is O=C(Nc1ccc(Cl)cc1)c1ccc2sc([C@@H]3O[C@H](CO)[C@H](O)[C@H](O)[C@H]3O)nc2c1. The largest absolute Gasteiger partial charge is 0.394 e. The molecule has 1 saturated heterocycles. The number of fused-ring (bicyclic) bond motifs is 1. The Morgan fingerprint density at radius 1 is 1.10 bits per heavy atom. The molecule has 1 aromatic heterocycles. The molecule has 5 atom stereocenters. The average Bonchev–Trinajstić information content (AvgIpc) is 3.17. The molecule has 1 fully saturated rings. The second-order valence-corrected chi connectivity index (χ2v) is 8.44. The number of anilines is 1. The number of ether oxygens (including phenoxy) is 1. The molecular formula is C20H19ClN2O6S. The average molecular weight is 451 g/mol. The van der Waals surface area contributed by atoms with E-state index in [1.807, 2.05) is 0 Å². The molecule has 8 nitrogen and oxygen atoms in total. The first kappa shape index (κ1) is 21.1. The second-order valence-electron chi connectivity index (χ2n) is 6.95. The van der Waals surface area contributed by atoms with Gasteiger partial charge >= 0.3 is 0 Å². The van der Waals surface area contributed by atoms with Crippen LogP contribution < -0.4 is 5.32 Å². The summed E-state index contributed by atoms with van der Waals surface area (Å²) in [6, 6.07) is 11.7. The highest BCUT2D eigenvalue weighted by atomic mass is 35.5. The number of aliphatic hydroxyl groups excluding tert-OH is 4. The summed E-state index contributed by atoms with van der Waals surface area (Å²) < 4.78 is 6.31. The molecule has 5 N–H and O–H groups in total. The maximum absolute atomic E-state index is 12.5. The van der Waals surface area contributed by atoms with Crippen molar-refractivity contribution in [3.8, 4) is 0 Å². The quantitative estimate of drug-likeness (QED) is 0.409. The van der Waals surface area contributed by atoms with E-state index in [0.29, 0.717) is 26.8 Å². The van der Waals surface area contributed by atoms with Crippen molar-refractivity contribution < 1.29 is 30.0 Å². The number of nitrogens with one attached hydrogen (secondary N) is 1. The fourth-order valence-corrected chi connectivity index (χ4v) is 4.40. The minimum atomic E-state index is -1.48. The molecule has 0 radical (unpaired) electrons. The molecule has 0 saturated carbocycles. The van der Waals surface area contributed by atoms with Crippen LogP contribution in [0, 0.1) is 0 Å². The normalized spacial score (nSPS) is 26.6. The third-order valence-electron chi connectivity index (χ3n) is 4.90. The molecule has 0 spiro atoms. The Balaban J connectivity index is 1.57. The van der Waals surface area contributed by atoms with E-state index >= 15 is 0 Å². The van der Waals surface area contributed by atoms with Gasteiger partial charge in [0.1, 0.15) is 35.5 Å². The summed E-state index contributed by atoms with van der Waals surface area (Å²) in [5, 5.41) is 43.3. The Morgan fingerprint density at radius 3 is 2.53 bits per heavy atom. The van der Waals surface area contributed by atoms with Crippen molar-refractivity contribution in [2.24, 2.45) is 0 Å². The van der Waals surface area contributed by atoms with Crippen LogP contribution in [0.1, 0.15) is 21.5 Å². The summed E-state index contributed by atoms with van der Waals surface area (Å²) in [5.74, 6) is -0.318. The molecule has 1 aliphatic heterocycles. The van der Waals surface area contributed by atoms with Crippen LogP contribution in [0.5, 0.6) is 0 Å². The molecule has 2 heterocycles. The van der Waals surface area contributed by atoms with E-state index in [9.17, 15) is 25.2 Å². The molecule has 0 bridgehead atoms. The number of thiazole rings is 1. The molecule has 158 valence electrons. The summed E-state index contributed by atoms with van der Waals surface area (Å²) >= 11 is 7.08. The first-order valence-electron chi connectivity index (χ1n) is 9.15. The number of rotatable bonds is 4. The molecule has 0 aliphatic carbocycles. The van der Waals surface area contributed by atoms with Gasteiger partial charge in [-0.25, -0.2) is 4.98 Å². The van der Waals surface area contributed by atoms with E-state index < -0.39 is 37.1 Å². The fraction of sp³-hybridized carbons (Fsp3) is 0.300. The molecule has 10 heteroatoms. The number of aromatic nitrogens is 1. The first-order chi connectivity index (χ1) is 14.4. The molecule has 1 aliphatic rings. The first-order valence-corrected chi connectivity index (χ1v) is 10.3. The predicted octanol–water partition coefficient (Wildman–Crippen LogP) is 1.72. The number of amides is 1. The lowest BCUT2D eigenvalue weighted by Gasteiger charge is -2.39. The van der Waals surface area contributed by atoms with Crippen molar-refractivity contribution in [1.82, 2.24) is 4.98 Å². The maximum Gasteiger partial charge on any atom is 0.255 e. The highest BCUT2D eigenvalue weighted by molar-refractivity contribution is 7.18. The zero-order valence-corrected chi connectivity index (χ0v) is 17.0. The zero-order chi connectivity index (χ0) is 21.4. The third-order valence-corrected chi connectivity index (χ3v) is 6.25. The highest BCUT2D eigenvalue weighted by Gasteiger charge is 2.45. The van der Waals surface area contributed by atoms with Gasteiger partial charge in [-0.2, -0.15) is 0 Å². The van der Waals surface area contributed by atoms with E-state index in [4.69, 9.17) is 16.3 Å². The Morgan fingerprint density at radius 2 is 1.83 bits per heavy atom. The van der Waals surface area contributed by atoms with Crippen molar-refractivity contribution in [2.45, 2.75) is 30.5 Å². The van der Waals surface area contributed by atoms with Gasteiger partial charge in [0.2, 0.25) is 0 Å². The minimum Gasteiger partial charge on any atom is -0.394 e. The van der Waals surface area contributed by atoms with Gasteiger partial charge in [0, 0.05) is 16.3 Å². The lowest BCUT2D eigenvalue weighted by molar-refractivity contribution is -0.231. The van der Waals surface area contributed by atoms with Gasteiger partial charge < -0.3 is 30.5 Å². The Labute approximate surface area is 180 Å². The lowest BCUT2D eigenvalue weighted by atomic mass is 9.95. The fourth-order valence-electron chi connectivity index (χ4n) is 3.25. The number of aliphatic hydroxyl groups is 4. The molecule has 30 heavy (non-hydrogen) atoms. The van der Waals surface area contributed by atoms with E-state index in [-0.39, 0.29) is 5.91 Å². The number of hydrogen-bond acceptors (Lipinski definition) is 8. The third kappa shape index (κ3) is 4.06. The minimum absolute atomic E-state index is 0.318. The van der Waals surface area contributed by atoms with E-state index in [1.54, 1.807) is 42.5 Å². The lowest BCUT2D eigenvalue weighted by Crippen LogP contribution is -2.55. The van der Waals surface area contributed by atoms with Crippen molar-refractivity contribution in [2.75, 3.05) is 11.9 Å². The summed E-state index contributed by atoms with van der Waals surface area (Å²) in [6.45, 7) is -0.513. The monoisotopic (exact) mass is 450 g/mol. The molecule has 0 unspecified atom stereocenters. The maximum atomic E-state index is 12.5. The van der Waals surface area contributed by atoms with Crippen LogP contribution in [-0.4, -0.2) is 62.3 Å². The number of carbonyl (C=O) groups is 1. The zero-order valence-electron chi connectivity index (χ0n) is 15.5. The van der Waals surface area contributed by atoms with Gasteiger partial charge in [-0.1, -0.05) is 11.6 Å². The van der Waals surface area contributed by atoms with Crippen molar-refractivity contribution in [1.29, 1.82) is 0 Å². The molecule has 2 aromatic carbocycles. The number of hydrogen-bond donors (Lipinski definition) is 5. The van der Waals surface area contributed by atoms with Gasteiger partial charge in [-0.3, -0.25) is 4.79 Å². The molecular weight excluding hydrogens is 432 g/mol. The Bertz CT molecular complexity index is 1060. The summed E-state index contributed by atoms with van der Waals surface area (Å²) in [5.41, 5.74) is 1.52. The second kappa shape index (κ2) is 8.56. The smallest absolute Gasteiger partial charge is 0.255 e. The summed E-state index contributed by atoms with van der Waals surface area (Å²) in [4.78, 5) is 17.0. The highest BCUT2D eigenvalue weighted by Crippen LogP contribution is 2.36. The van der Waals surface area contributed by atoms with Gasteiger partial charge in [-0.05, 0) is 42.5 Å². The van der Waals surface area contributed by atoms with Crippen LogP contribution >= 0.6 is 22.9 Å². The van der Waals surface area contributed by atoms with Gasteiger partial charge in [0.05, 0.1) is 16.8 Å². The van der Waals surface area contributed by atoms with Gasteiger partial charge in [-0.15, -0.1) is 11.3 Å². The van der Waals surface area contributed by atoms with Gasteiger partial charge in [0.15, 0.2) is 0 Å². The van der Waals surface area contributed by atoms with Crippen LogP contribution in [0.4, 0.5) is 5.69 Å².